The molecule has 0 saturated carbocycles. The summed E-state index contributed by atoms with van der Waals surface area (Å²) in [5, 5.41) is 12.3. The van der Waals surface area contributed by atoms with E-state index in [2.05, 4.69) is 5.32 Å². The van der Waals surface area contributed by atoms with Crippen LogP contribution in [0.15, 0.2) is 24.3 Å². The molecule has 1 saturated heterocycles. The molecule has 1 aliphatic heterocycles. The number of rotatable bonds is 3. The van der Waals surface area contributed by atoms with Crippen LogP contribution < -0.4 is 5.32 Å². The van der Waals surface area contributed by atoms with Gasteiger partial charge < -0.3 is 10.4 Å². The first-order chi connectivity index (χ1) is 6.75. The first kappa shape index (κ1) is 9.21. The Hall–Kier alpha value is -1.35. The quantitative estimate of drug-likeness (QED) is 0.740. The van der Waals surface area contributed by atoms with Crippen molar-refractivity contribution in [2.24, 2.45) is 5.92 Å². The van der Waals surface area contributed by atoms with Crippen LogP contribution in [-0.4, -0.2) is 24.0 Å². The van der Waals surface area contributed by atoms with E-state index < -0.39 is 0 Å². The van der Waals surface area contributed by atoms with E-state index in [0.717, 1.165) is 18.7 Å². The molecule has 1 aromatic rings. The molecule has 74 valence electrons. The summed E-state index contributed by atoms with van der Waals surface area (Å²) >= 11 is 0. The van der Waals surface area contributed by atoms with Crippen molar-refractivity contribution in [2.75, 3.05) is 13.1 Å². The summed E-state index contributed by atoms with van der Waals surface area (Å²) in [6.07, 6.45) is 0.431. The maximum absolute atomic E-state index is 11.6. The minimum Gasteiger partial charge on any atom is -0.508 e. The zero-order valence-corrected chi connectivity index (χ0v) is 7.86. The number of carbonyl (C=O) groups excluding carboxylic acids is 1. The lowest BCUT2D eigenvalue weighted by atomic mass is 9.93. The highest BCUT2D eigenvalue weighted by Crippen LogP contribution is 2.14. The van der Waals surface area contributed by atoms with Crippen molar-refractivity contribution in [2.45, 2.75) is 6.42 Å². The molecule has 0 unspecified atom stereocenters. The van der Waals surface area contributed by atoms with Gasteiger partial charge in [0.15, 0.2) is 0 Å². The Balaban J connectivity index is 1.99. The van der Waals surface area contributed by atoms with Crippen molar-refractivity contribution in [1.82, 2.24) is 5.32 Å². The van der Waals surface area contributed by atoms with Gasteiger partial charge >= 0.3 is 0 Å². The van der Waals surface area contributed by atoms with E-state index in [1.54, 1.807) is 18.2 Å². The minimum absolute atomic E-state index is 0.178. The fraction of sp³-hybridized carbons (Fsp3) is 0.364. The number of hydrogen-bond acceptors (Lipinski definition) is 3. The van der Waals surface area contributed by atoms with Crippen LogP contribution in [0.2, 0.25) is 0 Å². The third-order valence-electron chi connectivity index (χ3n) is 2.53. The molecule has 1 heterocycles. The van der Waals surface area contributed by atoms with Crippen molar-refractivity contribution in [1.29, 1.82) is 0 Å². The maximum atomic E-state index is 11.6. The van der Waals surface area contributed by atoms with Crippen molar-refractivity contribution >= 4 is 5.78 Å². The predicted octanol–water partition coefficient (Wildman–Crippen LogP) is 0.723. The van der Waals surface area contributed by atoms with E-state index in [-0.39, 0.29) is 17.5 Å². The van der Waals surface area contributed by atoms with Gasteiger partial charge in [0.2, 0.25) is 0 Å². The highest BCUT2D eigenvalue weighted by molar-refractivity contribution is 5.84. The van der Waals surface area contributed by atoms with E-state index >= 15 is 0 Å². The average Bonchev–Trinajstić information content (AvgIpc) is 1.99. The molecular formula is C11H13NO2. The van der Waals surface area contributed by atoms with Gasteiger partial charge in [0.05, 0.1) is 0 Å². The van der Waals surface area contributed by atoms with Crippen molar-refractivity contribution in [3.05, 3.63) is 29.8 Å². The second-order valence-electron chi connectivity index (χ2n) is 3.67. The Kier molecular flexibility index (Phi) is 2.50. The third-order valence-corrected chi connectivity index (χ3v) is 2.53. The van der Waals surface area contributed by atoms with Crippen LogP contribution in [0, 0.1) is 5.92 Å². The molecule has 0 atom stereocenters. The highest BCUT2D eigenvalue weighted by Gasteiger charge is 2.24. The van der Waals surface area contributed by atoms with Crippen LogP contribution in [0.25, 0.3) is 0 Å². The van der Waals surface area contributed by atoms with Gasteiger partial charge in [0.25, 0.3) is 0 Å². The number of carbonyl (C=O) groups is 1. The molecule has 0 bridgehead atoms. The van der Waals surface area contributed by atoms with Crippen LogP contribution in [0.1, 0.15) is 5.56 Å². The summed E-state index contributed by atoms with van der Waals surface area (Å²) in [6.45, 7) is 1.61. The topological polar surface area (TPSA) is 49.3 Å². The number of ketones is 1. The Labute approximate surface area is 82.8 Å². The number of Topliss-reactive ketones (excluding diaryl/α,β-unsaturated/α-hetero) is 1. The van der Waals surface area contributed by atoms with Gasteiger partial charge in [-0.3, -0.25) is 4.79 Å². The lowest BCUT2D eigenvalue weighted by Crippen LogP contribution is -2.47. The molecule has 3 nitrogen and oxygen atoms in total. The molecule has 1 fully saturated rings. The van der Waals surface area contributed by atoms with Gasteiger partial charge in [-0.25, -0.2) is 0 Å². The number of nitrogens with one attached hydrogen (secondary N) is 1. The zero-order valence-electron chi connectivity index (χ0n) is 7.86. The molecule has 0 amide bonds. The highest BCUT2D eigenvalue weighted by atomic mass is 16.3. The molecule has 0 aromatic heterocycles. The smallest absolute Gasteiger partial charge is 0.142 e. The molecule has 2 rings (SSSR count). The number of phenolic OH excluding ortho intramolecular Hbond substituents is 1. The van der Waals surface area contributed by atoms with Crippen LogP contribution >= 0.6 is 0 Å². The predicted molar refractivity (Wildman–Crippen MR) is 53.2 cm³/mol. The van der Waals surface area contributed by atoms with Gasteiger partial charge in [0, 0.05) is 25.4 Å². The van der Waals surface area contributed by atoms with Gasteiger partial charge in [-0.05, 0) is 17.7 Å². The fourth-order valence-electron chi connectivity index (χ4n) is 1.53. The first-order valence-electron chi connectivity index (χ1n) is 4.77. The minimum atomic E-state index is 0.178. The lowest BCUT2D eigenvalue weighted by Gasteiger charge is -2.25. The van der Waals surface area contributed by atoms with Gasteiger partial charge in [-0.15, -0.1) is 0 Å². The SMILES string of the molecule is O=C(Cc1cccc(O)c1)C1CNC1. The average molecular weight is 191 g/mol. The summed E-state index contributed by atoms with van der Waals surface area (Å²) in [5.74, 6) is 0.661. The lowest BCUT2D eigenvalue weighted by molar-refractivity contribution is -0.123. The standard InChI is InChI=1S/C11H13NO2/c13-10-3-1-2-8(4-10)5-11(14)9-6-12-7-9/h1-4,9,12-13H,5-7H2. The molecule has 3 heteroatoms. The Morgan fingerprint density at radius 3 is 2.86 bits per heavy atom. The molecule has 2 N–H and O–H groups in total. The van der Waals surface area contributed by atoms with Crippen molar-refractivity contribution in [3.63, 3.8) is 0 Å². The monoisotopic (exact) mass is 191 g/mol. The van der Waals surface area contributed by atoms with Gasteiger partial charge in [0.1, 0.15) is 11.5 Å². The van der Waals surface area contributed by atoms with E-state index in [0.29, 0.717) is 6.42 Å². The number of phenols is 1. The second-order valence-corrected chi connectivity index (χ2v) is 3.67. The van der Waals surface area contributed by atoms with E-state index in [4.69, 9.17) is 0 Å². The van der Waals surface area contributed by atoms with E-state index in [9.17, 15) is 9.90 Å². The van der Waals surface area contributed by atoms with Crippen molar-refractivity contribution in [3.8, 4) is 5.75 Å². The molecule has 1 aromatic carbocycles. The number of benzene rings is 1. The van der Waals surface area contributed by atoms with Crippen LogP contribution in [0.3, 0.4) is 0 Å². The van der Waals surface area contributed by atoms with E-state index in [1.165, 1.54) is 0 Å². The summed E-state index contributed by atoms with van der Waals surface area (Å²) in [6, 6.07) is 6.88. The van der Waals surface area contributed by atoms with Gasteiger partial charge in [-0.2, -0.15) is 0 Å². The Bertz CT molecular complexity index is 345. The van der Waals surface area contributed by atoms with Crippen molar-refractivity contribution < 1.29 is 9.90 Å². The van der Waals surface area contributed by atoms with Crippen LogP contribution in [0.5, 0.6) is 5.75 Å². The summed E-state index contributed by atoms with van der Waals surface area (Å²) in [5.41, 5.74) is 0.891. The molecule has 0 spiro atoms. The second kappa shape index (κ2) is 3.80. The molecule has 0 radical (unpaired) electrons. The zero-order chi connectivity index (χ0) is 9.97. The summed E-state index contributed by atoms with van der Waals surface area (Å²) in [4.78, 5) is 11.6. The number of hydrogen-bond donors (Lipinski definition) is 2. The Morgan fingerprint density at radius 1 is 1.50 bits per heavy atom. The van der Waals surface area contributed by atoms with Crippen LogP contribution in [-0.2, 0) is 11.2 Å². The largest absolute Gasteiger partial charge is 0.508 e. The molecular weight excluding hydrogens is 178 g/mol. The summed E-state index contributed by atoms with van der Waals surface area (Å²) < 4.78 is 0. The van der Waals surface area contributed by atoms with E-state index in [1.807, 2.05) is 6.07 Å². The normalized spacial score (nSPS) is 16.3. The Morgan fingerprint density at radius 2 is 2.29 bits per heavy atom. The fourth-order valence-corrected chi connectivity index (χ4v) is 1.53. The van der Waals surface area contributed by atoms with Gasteiger partial charge in [-0.1, -0.05) is 12.1 Å². The summed E-state index contributed by atoms with van der Waals surface area (Å²) in [7, 11) is 0. The number of aromatic hydroxyl groups is 1. The molecule has 0 aliphatic carbocycles. The first-order valence-corrected chi connectivity index (χ1v) is 4.77. The third kappa shape index (κ3) is 1.93. The molecule has 1 aliphatic rings. The maximum Gasteiger partial charge on any atom is 0.142 e. The molecule has 14 heavy (non-hydrogen) atoms. The van der Waals surface area contributed by atoms with Crippen LogP contribution in [0.4, 0.5) is 0 Å².